The summed E-state index contributed by atoms with van der Waals surface area (Å²) in [6.07, 6.45) is 1.28. The fourth-order valence-corrected chi connectivity index (χ4v) is 3.18. The summed E-state index contributed by atoms with van der Waals surface area (Å²) < 4.78 is 0. The van der Waals surface area contributed by atoms with Crippen LogP contribution in [0.5, 0.6) is 0 Å². The number of amides is 2. The van der Waals surface area contributed by atoms with Gasteiger partial charge in [0.1, 0.15) is 0 Å². The van der Waals surface area contributed by atoms with E-state index in [4.69, 9.17) is 5.73 Å². The number of anilines is 2. The molecule has 2 aromatic rings. The lowest BCUT2D eigenvalue weighted by atomic mass is 10.0. The van der Waals surface area contributed by atoms with Crippen LogP contribution in [0.25, 0.3) is 0 Å². The van der Waals surface area contributed by atoms with Crippen LogP contribution in [0.4, 0.5) is 16.2 Å². The van der Waals surface area contributed by atoms with E-state index >= 15 is 0 Å². The second-order valence-corrected chi connectivity index (χ2v) is 7.15. The van der Waals surface area contributed by atoms with Crippen LogP contribution in [0.1, 0.15) is 27.9 Å². The fraction of sp³-hybridized carbons (Fsp3) is 0.333. The van der Waals surface area contributed by atoms with Gasteiger partial charge in [-0.3, -0.25) is 4.79 Å². The molecule has 2 amide bonds. The summed E-state index contributed by atoms with van der Waals surface area (Å²) in [6.45, 7) is 1.94. The van der Waals surface area contributed by atoms with Crippen LogP contribution in [0.15, 0.2) is 42.5 Å². The molecule has 0 saturated carbocycles. The van der Waals surface area contributed by atoms with Crippen LogP contribution < -0.4 is 11.1 Å². The first-order valence-corrected chi connectivity index (χ1v) is 9.14. The summed E-state index contributed by atoms with van der Waals surface area (Å²) >= 11 is 0. The molecule has 3 N–H and O–H groups in total. The largest absolute Gasteiger partial charge is 0.397 e. The van der Waals surface area contributed by atoms with Crippen molar-refractivity contribution in [3.63, 3.8) is 0 Å². The quantitative estimate of drug-likeness (QED) is 0.630. The fourth-order valence-electron chi connectivity index (χ4n) is 3.18. The molecule has 27 heavy (non-hydrogen) atoms. The number of nitrogens with one attached hydrogen (secondary N) is 1. The van der Waals surface area contributed by atoms with E-state index in [2.05, 4.69) is 17.4 Å². The molecule has 0 radical (unpaired) electrons. The van der Waals surface area contributed by atoms with Crippen molar-refractivity contribution in [2.24, 2.45) is 0 Å². The van der Waals surface area contributed by atoms with E-state index in [0.29, 0.717) is 43.0 Å². The highest BCUT2D eigenvalue weighted by Gasteiger charge is 2.21. The molecule has 0 unspecified atom stereocenters. The number of hydrogen-bond acceptors (Lipinski definition) is 4. The van der Waals surface area contributed by atoms with Gasteiger partial charge in [-0.2, -0.15) is 0 Å². The van der Waals surface area contributed by atoms with Crippen molar-refractivity contribution in [3.8, 4) is 0 Å². The number of nitrogens with zero attached hydrogens (tertiary/aromatic N) is 2. The molecule has 0 spiro atoms. The molecule has 3 rings (SSSR count). The Labute approximate surface area is 159 Å². The Morgan fingerprint density at radius 1 is 1.15 bits per heavy atom. The van der Waals surface area contributed by atoms with Crippen LogP contribution in [0, 0.1) is 0 Å². The lowest BCUT2D eigenvalue weighted by Gasteiger charge is -2.29. The number of carbonyl (C=O) groups excluding carboxylic acids is 2. The number of Topliss-reactive ketones (excluding diaryl/α,β-unsaturated/α-hetero) is 1. The first-order valence-electron chi connectivity index (χ1n) is 9.14. The molecular weight excluding hydrogens is 340 g/mol. The highest BCUT2D eigenvalue weighted by Crippen LogP contribution is 2.23. The van der Waals surface area contributed by atoms with E-state index in [0.717, 1.165) is 6.42 Å². The summed E-state index contributed by atoms with van der Waals surface area (Å²) in [5.41, 5.74) is 10.0. The third-order valence-corrected chi connectivity index (χ3v) is 4.82. The van der Waals surface area contributed by atoms with Gasteiger partial charge in [0.2, 0.25) is 0 Å². The standard InChI is InChI=1S/C21H26N4O2/c1-24(2)11-10-20(26)16-7-8-19(18(22)13-16)23-21(27)25-12-9-15-5-3-4-6-17(15)14-25/h3-8,13H,9-12,14,22H2,1-2H3,(H,23,27). The third kappa shape index (κ3) is 4.65. The maximum Gasteiger partial charge on any atom is 0.322 e. The minimum Gasteiger partial charge on any atom is -0.397 e. The number of ketones is 1. The monoisotopic (exact) mass is 366 g/mol. The average molecular weight is 366 g/mol. The summed E-state index contributed by atoms with van der Waals surface area (Å²) in [5, 5.41) is 2.87. The number of nitrogens with two attached hydrogens (primary N) is 1. The number of nitrogen functional groups attached to an aromatic ring is 1. The van der Waals surface area contributed by atoms with Crippen LogP contribution in [-0.2, 0) is 13.0 Å². The maximum absolute atomic E-state index is 12.6. The first kappa shape index (κ1) is 18.9. The Kier molecular flexibility index (Phi) is 5.76. The molecule has 0 bridgehead atoms. The highest BCUT2D eigenvalue weighted by molar-refractivity contribution is 5.99. The lowest BCUT2D eigenvalue weighted by Crippen LogP contribution is -2.39. The second-order valence-electron chi connectivity index (χ2n) is 7.15. The van der Waals surface area contributed by atoms with E-state index < -0.39 is 0 Å². The molecule has 2 aromatic carbocycles. The molecule has 6 heteroatoms. The predicted octanol–water partition coefficient (Wildman–Crippen LogP) is 2.99. The molecule has 1 aliphatic rings. The third-order valence-electron chi connectivity index (χ3n) is 4.82. The van der Waals surface area contributed by atoms with Gasteiger partial charge in [0, 0.05) is 31.6 Å². The molecule has 0 aliphatic carbocycles. The Morgan fingerprint density at radius 2 is 1.89 bits per heavy atom. The van der Waals surface area contributed by atoms with Crippen molar-refractivity contribution >= 4 is 23.2 Å². The zero-order valence-corrected chi connectivity index (χ0v) is 15.9. The van der Waals surface area contributed by atoms with Crippen molar-refractivity contribution in [2.45, 2.75) is 19.4 Å². The van der Waals surface area contributed by atoms with Gasteiger partial charge in [-0.25, -0.2) is 4.79 Å². The van der Waals surface area contributed by atoms with Crippen molar-refractivity contribution in [1.29, 1.82) is 0 Å². The van der Waals surface area contributed by atoms with Crippen molar-refractivity contribution in [3.05, 3.63) is 59.2 Å². The van der Waals surface area contributed by atoms with Crippen molar-refractivity contribution in [1.82, 2.24) is 9.80 Å². The molecule has 6 nitrogen and oxygen atoms in total. The summed E-state index contributed by atoms with van der Waals surface area (Å²) in [6, 6.07) is 13.1. The van der Waals surface area contributed by atoms with Gasteiger partial charge < -0.3 is 20.9 Å². The van der Waals surface area contributed by atoms with Gasteiger partial charge in [-0.1, -0.05) is 24.3 Å². The van der Waals surface area contributed by atoms with Gasteiger partial charge in [0.05, 0.1) is 11.4 Å². The van der Waals surface area contributed by atoms with E-state index in [1.54, 1.807) is 23.1 Å². The zero-order valence-electron chi connectivity index (χ0n) is 15.9. The van der Waals surface area contributed by atoms with Crippen LogP contribution in [0.3, 0.4) is 0 Å². The maximum atomic E-state index is 12.6. The predicted molar refractivity (Wildman–Crippen MR) is 108 cm³/mol. The molecule has 1 aliphatic heterocycles. The Hall–Kier alpha value is -2.86. The summed E-state index contributed by atoms with van der Waals surface area (Å²) in [7, 11) is 3.86. The van der Waals surface area contributed by atoms with Crippen LogP contribution in [-0.4, -0.2) is 48.8 Å². The van der Waals surface area contributed by atoms with Gasteiger partial charge in [-0.15, -0.1) is 0 Å². The van der Waals surface area contributed by atoms with E-state index in [1.165, 1.54) is 11.1 Å². The van der Waals surface area contributed by atoms with E-state index in [1.807, 2.05) is 31.1 Å². The molecule has 1 heterocycles. The number of urea groups is 1. The van der Waals surface area contributed by atoms with E-state index in [-0.39, 0.29) is 11.8 Å². The van der Waals surface area contributed by atoms with Gasteiger partial charge in [0.15, 0.2) is 5.78 Å². The molecule has 0 saturated heterocycles. The number of carbonyl (C=O) groups is 2. The molecule has 0 aromatic heterocycles. The molecule has 142 valence electrons. The SMILES string of the molecule is CN(C)CCC(=O)c1ccc(NC(=O)N2CCc3ccccc3C2)c(N)c1. The lowest BCUT2D eigenvalue weighted by molar-refractivity contribution is 0.0972. The molecular formula is C21H26N4O2. The Bertz CT molecular complexity index is 848. The molecule has 0 atom stereocenters. The number of fused-ring (bicyclic) bond motifs is 1. The van der Waals surface area contributed by atoms with Gasteiger partial charge >= 0.3 is 6.03 Å². The smallest absolute Gasteiger partial charge is 0.322 e. The highest BCUT2D eigenvalue weighted by atomic mass is 16.2. The summed E-state index contributed by atoms with van der Waals surface area (Å²) in [5.74, 6) is 0.0425. The minimum atomic E-state index is -0.178. The topological polar surface area (TPSA) is 78.7 Å². The van der Waals surface area contributed by atoms with Gasteiger partial charge in [-0.05, 0) is 49.8 Å². The average Bonchev–Trinajstić information content (AvgIpc) is 2.67. The van der Waals surface area contributed by atoms with Crippen LogP contribution in [0.2, 0.25) is 0 Å². The normalized spacial score (nSPS) is 13.4. The second kappa shape index (κ2) is 8.22. The Morgan fingerprint density at radius 3 is 2.59 bits per heavy atom. The molecule has 0 fully saturated rings. The van der Waals surface area contributed by atoms with E-state index in [9.17, 15) is 9.59 Å². The number of hydrogen-bond donors (Lipinski definition) is 2. The summed E-state index contributed by atoms with van der Waals surface area (Å²) in [4.78, 5) is 28.6. The number of benzene rings is 2. The zero-order chi connectivity index (χ0) is 19.4. The van der Waals surface area contributed by atoms with Crippen molar-refractivity contribution < 1.29 is 9.59 Å². The minimum absolute atomic E-state index is 0.0425. The van der Waals surface area contributed by atoms with Crippen molar-refractivity contribution in [2.75, 3.05) is 38.2 Å². The first-order chi connectivity index (χ1) is 12.9. The number of rotatable bonds is 5. The Balaban J connectivity index is 1.64. The van der Waals surface area contributed by atoms with Gasteiger partial charge in [0.25, 0.3) is 0 Å². The van der Waals surface area contributed by atoms with Crippen LogP contribution >= 0.6 is 0 Å².